The van der Waals surface area contributed by atoms with Crippen LogP contribution < -0.4 is 15.2 Å². The maximum Gasteiger partial charge on any atom is 0.339 e. The van der Waals surface area contributed by atoms with Crippen LogP contribution in [0.1, 0.15) is 10.4 Å². The number of aromatic carboxylic acids is 1. The van der Waals surface area contributed by atoms with Crippen molar-refractivity contribution in [1.82, 2.24) is 0 Å². The van der Waals surface area contributed by atoms with Crippen LogP contribution in [0.4, 0.5) is 0 Å². The maximum absolute atomic E-state index is 10.9. The molecule has 1 amide bonds. The minimum atomic E-state index is -1.12. The van der Waals surface area contributed by atoms with E-state index < -0.39 is 11.9 Å². The van der Waals surface area contributed by atoms with Gasteiger partial charge in [-0.3, -0.25) is 4.79 Å². The second kappa shape index (κ2) is 5.53. The number of carboxylic acid groups (broad SMARTS) is 1. The summed E-state index contributed by atoms with van der Waals surface area (Å²) in [6.45, 7) is -0.297. The van der Waals surface area contributed by atoms with E-state index in [0.717, 1.165) is 0 Å². The second-order valence-corrected chi connectivity index (χ2v) is 3.90. The zero-order chi connectivity index (χ0) is 13.0. The minimum absolute atomic E-state index is 0.00852. The van der Waals surface area contributed by atoms with Gasteiger partial charge in [0.2, 0.25) is 0 Å². The Morgan fingerprint density at radius 3 is 2.53 bits per heavy atom. The molecule has 6 nitrogen and oxygen atoms in total. The van der Waals surface area contributed by atoms with Crippen molar-refractivity contribution in [1.29, 1.82) is 0 Å². The summed E-state index contributed by atoms with van der Waals surface area (Å²) in [5, 5.41) is 8.91. The molecule has 3 N–H and O–H groups in total. The summed E-state index contributed by atoms with van der Waals surface area (Å²) in [4.78, 5) is 21.5. The average Bonchev–Trinajstić information content (AvgIpc) is 2.26. The maximum atomic E-state index is 10.9. The number of nitrogens with two attached hydrogens (primary N) is 1. The van der Waals surface area contributed by atoms with Crippen LogP contribution in [0.5, 0.6) is 11.5 Å². The summed E-state index contributed by atoms with van der Waals surface area (Å²) in [5.74, 6) is -1.33. The Kier molecular flexibility index (Phi) is 4.33. The number of rotatable bonds is 5. The van der Waals surface area contributed by atoms with Crippen molar-refractivity contribution in [3.8, 4) is 11.5 Å². The van der Waals surface area contributed by atoms with Crippen LogP contribution in [0, 0.1) is 0 Å². The lowest BCUT2D eigenvalue weighted by atomic mass is 10.2. The molecule has 0 bridgehead atoms. The van der Waals surface area contributed by atoms with Gasteiger partial charge in [0.1, 0.15) is 17.1 Å². The van der Waals surface area contributed by atoms with Crippen LogP contribution in [-0.2, 0) is 4.79 Å². The van der Waals surface area contributed by atoms with Gasteiger partial charge in [-0.1, -0.05) is 0 Å². The monoisotopic (exact) mass is 303 g/mol. The molecule has 0 unspecified atom stereocenters. The fraction of sp³-hybridized carbons (Fsp3) is 0.200. The van der Waals surface area contributed by atoms with Gasteiger partial charge in [0.05, 0.1) is 11.6 Å². The highest BCUT2D eigenvalue weighted by atomic mass is 79.9. The Morgan fingerprint density at radius 1 is 1.41 bits per heavy atom. The summed E-state index contributed by atoms with van der Waals surface area (Å²) in [7, 11) is 1.34. The van der Waals surface area contributed by atoms with Gasteiger partial charge in [-0.2, -0.15) is 0 Å². The number of primary amides is 1. The van der Waals surface area contributed by atoms with E-state index in [1.54, 1.807) is 0 Å². The van der Waals surface area contributed by atoms with Crippen LogP contribution in [-0.4, -0.2) is 30.7 Å². The third kappa shape index (κ3) is 3.35. The summed E-state index contributed by atoms with van der Waals surface area (Å²) < 4.78 is 10.4. The van der Waals surface area contributed by atoms with Crippen molar-refractivity contribution in [3.05, 3.63) is 22.2 Å². The lowest BCUT2D eigenvalue weighted by molar-refractivity contribution is -0.119. The fourth-order valence-electron chi connectivity index (χ4n) is 1.13. The zero-order valence-electron chi connectivity index (χ0n) is 8.90. The van der Waals surface area contributed by atoms with E-state index in [9.17, 15) is 9.59 Å². The predicted molar refractivity (Wildman–Crippen MR) is 62.3 cm³/mol. The first-order chi connectivity index (χ1) is 7.95. The number of carbonyl (C=O) groups is 2. The molecule has 0 aromatic heterocycles. The molecule has 0 aliphatic heterocycles. The van der Waals surface area contributed by atoms with Crippen LogP contribution in [0.25, 0.3) is 0 Å². The lowest BCUT2D eigenvalue weighted by Gasteiger charge is -2.10. The molecule has 0 aliphatic rings. The number of methoxy groups -OCH3 is 1. The molecule has 17 heavy (non-hydrogen) atoms. The van der Waals surface area contributed by atoms with E-state index in [2.05, 4.69) is 15.9 Å². The van der Waals surface area contributed by atoms with Crippen molar-refractivity contribution in [2.75, 3.05) is 13.7 Å². The molecule has 0 heterocycles. The van der Waals surface area contributed by atoms with E-state index in [1.165, 1.54) is 19.2 Å². The highest BCUT2D eigenvalue weighted by molar-refractivity contribution is 9.10. The number of ether oxygens (including phenoxy) is 2. The molecule has 1 aromatic carbocycles. The first kappa shape index (κ1) is 13.3. The first-order valence-electron chi connectivity index (χ1n) is 4.47. The Balaban J connectivity index is 3.08. The predicted octanol–water partition coefficient (Wildman–Crippen LogP) is 1.02. The largest absolute Gasteiger partial charge is 0.496 e. The number of hydrogen-bond donors (Lipinski definition) is 2. The van der Waals surface area contributed by atoms with Crippen molar-refractivity contribution in [3.63, 3.8) is 0 Å². The Morgan fingerprint density at radius 2 is 2.06 bits per heavy atom. The van der Waals surface area contributed by atoms with Gasteiger partial charge in [-0.25, -0.2) is 4.79 Å². The number of benzene rings is 1. The van der Waals surface area contributed by atoms with E-state index in [1.807, 2.05) is 0 Å². The molecular weight excluding hydrogens is 294 g/mol. The van der Waals surface area contributed by atoms with Crippen LogP contribution in [0.15, 0.2) is 16.6 Å². The molecule has 0 radical (unpaired) electrons. The Bertz CT molecular complexity index is 460. The number of amides is 1. The standard InChI is InChI=1S/C10H10BrNO5/c1-16-7-3-8(17-4-9(12)13)6(11)2-5(7)10(14)15/h2-3H,4H2,1H3,(H2,12,13)(H,14,15). The van der Waals surface area contributed by atoms with Gasteiger partial charge >= 0.3 is 5.97 Å². The number of carbonyl (C=O) groups excluding carboxylic acids is 1. The molecule has 0 aliphatic carbocycles. The molecule has 0 saturated heterocycles. The van der Waals surface area contributed by atoms with E-state index >= 15 is 0 Å². The number of hydrogen-bond acceptors (Lipinski definition) is 4. The zero-order valence-corrected chi connectivity index (χ0v) is 10.5. The molecule has 0 spiro atoms. The second-order valence-electron chi connectivity index (χ2n) is 3.04. The van der Waals surface area contributed by atoms with Crippen molar-refractivity contribution in [2.24, 2.45) is 5.73 Å². The highest BCUT2D eigenvalue weighted by Gasteiger charge is 2.15. The van der Waals surface area contributed by atoms with Crippen molar-refractivity contribution < 1.29 is 24.2 Å². The van der Waals surface area contributed by atoms with E-state index in [-0.39, 0.29) is 23.7 Å². The van der Waals surface area contributed by atoms with Gasteiger partial charge in [-0.15, -0.1) is 0 Å². The van der Waals surface area contributed by atoms with Gasteiger partial charge < -0.3 is 20.3 Å². The third-order valence-corrected chi connectivity index (χ3v) is 2.47. The minimum Gasteiger partial charge on any atom is -0.496 e. The van der Waals surface area contributed by atoms with Crippen LogP contribution in [0.3, 0.4) is 0 Å². The van der Waals surface area contributed by atoms with Crippen LogP contribution in [0.2, 0.25) is 0 Å². The normalized spacial score (nSPS) is 9.76. The average molecular weight is 304 g/mol. The Labute approximate surface area is 105 Å². The van der Waals surface area contributed by atoms with Gasteiger partial charge in [0.25, 0.3) is 5.91 Å². The van der Waals surface area contributed by atoms with E-state index in [4.69, 9.17) is 20.3 Å². The quantitative estimate of drug-likeness (QED) is 0.846. The summed E-state index contributed by atoms with van der Waals surface area (Å²) >= 11 is 3.13. The number of carboxylic acids is 1. The van der Waals surface area contributed by atoms with Gasteiger partial charge in [0.15, 0.2) is 6.61 Å². The molecule has 1 aromatic rings. The first-order valence-corrected chi connectivity index (χ1v) is 5.27. The van der Waals surface area contributed by atoms with E-state index in [0.29, 0.717) is 4.47 Å². The Hall–Kier alpha value is -1.76. The molecule has 0 fully saturated rings. The molecule has 7 heteroatoms. The fourth-order valence-corrected chi connectivity index (χ4v) is 1.59. The molecule has 0 saturated carbocycles. The van der Waals surface area contributed by atoms with Gasteiger partial charge in [0, 0.05) is 6.07 Å². The molecule has 92 valence electrons. The topological polar surface area (TPSA) is 98.9 Å². The van der Waals surface area contributed by atoms with Crippen molar-refractivity contribution >= 4 is 27.8 Å². The molecular formula is C10H10BrNO5. The number of halogens is 1. The highest BCUT2D eigenvalue weighted by Crippen LogP contribution is 2.33. The summed E-state index contributed by atoms with van der Waals surface area (Å²) in [6.07, 6.45) is 0. The smallest absolute Gasteiger partial charge is 0.339 e. The summed E-state index contributed by atoms with van der Waals surface area (Å²) in [5.41, 5.74) is 4.93. The van der Waals surface area contributed by atoms with Gasteiger partial charge in [-0.05, 0) is 22.0 Å². The lowest BCUT2D eigenvalue weighted by Crippen LogP contribution is -2.20. The third-order valence-electron chi connectivity index (χ3n) is 1.85. The molecule has 0 atom stereocenters. The molecule has 1 rings (SSSR count). The summed E-state index contributed by atoms with van der Waals surface area (Å²) in [6, 6.07) is 2.70. The van der Waals surface area contributed by atoms with Crippen LogP contribution >= 0.6 is 15.9 Å². The SMILES string of the molecule is COc1cc(OCC(N)=O)c(Br)cc1C(=O)O. The van der Waals surface area contributed by atoms with Crippen molar-refractivity contribution in [2.45, 2.75) is 0 Å².